The summed E-state index contributed by atoms with van der Waals surface area (Å²) in [5.41, 5.74) is 3.29. The van der Waals surface area contributed by atoms with Gasteiger partial charge in [-0.25, -0.2) is 4.98 Å². The monoisotopic (exact) mass is 443 g/mol. The molecule has 2 aliphatic heterocycles. The Kier molecular flexibility index (Phi) is 8.04. The number of carbonyl (C=O) groups is 1. The second-order valence-electron chi connectivity index (χ2n) is 8.40. The molecule has 0 radical (unpaired) electrons. The molecule has 1 aromatic carbocycles. The van der Waals surface area contributed by atoms with E-state index < -0.39 is 0 Å². The lowest BCUT2D eigenvalue weighted by atomic mass is 10.1. The molecule has 4 rings (SSSR count). The lowest BCUT2D eigenvalue weighted by molar-refractivity contribution is -0.120. The van der Waals surface area contributed by atoms with E-state index in [1.807, 2.05) is 5.38 Å². The van der Waals surface area contributed by atoms with Gasteiger partial charge in [0.2, 0.25) is 5.91 Å². The molecular weight excluding hydrogens is 410 g/mol. The zero-order chi connectivity index (χ0) is 21.5. The maximum Gasteiger partial charge on any atom is 0.226 e. The summed E-state index contributed by atoms with van der Waals surface area (Å²) in [5, 5.41) is 5.98. The second-order valence-corrected chi connectivity index (χ2v) is 9.26. The Hall–Kier alpha value is -1.84. The van der Waals surface area contributed by atoms with Gasteiger partial charge in [0.15, 0.2) is 0 Å². The molecule has 3 heterocycles. The molecule has 168 valence electrons. The third-order valence-electron chi connectivity index (χ3n) is 5.95. The van der Waals surface area contributed by atoms with Crippen molar-refractivity contribution >= 4 is 17.2 Å². The van der Waals surface area contributed by atoms with Crippen LogP contribution < -0.4 is 5.32 Å². The normalized spacial score (nSPS) is 18.9. The highest BCUT2D eigenvalue weighted by Crippen LogP contribution is 2.24. The molecule has 0 unspecified atom stereocenters. The number of ether oxygens (including phenoxy) is 1. The fourth-order valence-electron chi connectivity index (χ4n) is 3.94. The topological polar surface area (TPSA) is 60.9 Å². The van der Waals surface area contributed by atoms with Crippen LogP contribution in [-0.2, 0) is 22.5 Å². The number of thiazole rings is 1. The van der Waals surface area contributed by atoms with E-state index in [4.69, 9.17) is 4.74 Å². The molecule has 2 saturated heterocycles. The summed E-state index contributed by atoms with van der Waals surface area (Å²) in [6.07, 6.45) is 0.334. The van der Waals surface area contributed by atoms with E-state index in [2.05, 4.69) is 56.3 Å². The molecule has 1 aromatic heterocycles. The Morgan fingerprint density at radius 3 is 2.55 bits per heavy atom. The van der Waals surface area contributed by atoms with Crippen LogP contribution in [0.5, 0.6) is 0 Å². The molecule has 0 atom stereocenters. The summed E-state index contributed by atoms with van der Waals surface area (Å²) < 4.78 is 5.35. The minimum absolute atomic E-state index is 0.0348. The van der Waals surface area contributed by atoms with Gasteiger partial charge in [-0.05, 0) is 12.6 Å². The van der Waals surface area contributed by atoms with Gasteiger partial charge in [-0.3, -0.25) is 14.6 Å². The summed E-state index contributed by atoms with van der Waals surface area (Å²) >= 11 is 1.60. The lowest BCUT2D eigenvalue weighted by Crippen LogP contribution is -2.43. The van der Waals surface area contributed by atoms with E-state index in [0.29, 0.717) is 13.0 Å². The molecule has 2 fully saturated rings. The number of amides is 1. The summed E-state index contributed by atoms with van der Waals surface area (Å²) in [5.74, 6) is 0.0348. The van der Waals surface area contributed by atoms with Crippen LogP contribution in [0.4, 0.5) is 0 Å². The van der Waals surface area contributed by atoms with Gasteiger partial charge in [0.25, 0.3) is 0 Å². The predicted octanol–water partition coefficient (Wildman–Crippen LogP) is 1.55. The van der Waals surface area contributed by atoms with Crippen LogP contribution in [0.1, 0.15) is 11.3 Å². The molecule has 0 spiro atoms. The number of hydrogen-bond acceptors (Lipinski definition) is 7. The largest absolute Gasteiger partial charge is 0.379 e. The Bertz CT molecular complexity index is 827. The molecule has 0 saturated carbocycles. The van der Waals surface area contributed by atoms with E-state index in [0.717, 1.165) is 81.8 Å². The fraction of sp³-hybridized carbons (Fsp3) is 0.565. The minimum atomic E-state index is 0.0348. The highest BCUT2D eigenvalue weighted by Gasteiger charge is 2.15. The van der Waals surface area contributed by atoms with Crippen molar-refractivity contribution in [1.29, 1.82) is 0 Å². The molecule has 0 bridgehead atoms. The molecular formula is C23H33N5O2S. The van der Waals surface area contributed by atoms with Gasteiger partial charge in [-0.15, -0.1) is 11.3 Å². The van der Waals surface area contributed by atoms with Gasteiger partial charge < -0.3 is 15.0 Å². The van der Waals surface area contributed by atoms with Crippen LogP contribution in [-0.4, -0.2) is 98.2 Å². The lowest BCUT2D eigenvalue weighted by Gasteiger charge is -2.32. The number of nitrogens with zero attached hydrogens (tertiary/aromatic N) is 4. The number of hydrogen-bond donors (Lipinski definition) is 1. The van der Waals surface area contributed by atoms with Crippen molar-refractivity contribution < 1.29 is 9.53 Å². The molecule has 0 aliphatic carbocycles. The zero-order valence-corrected chi connectivity index (χ0v) is 19.2. The highest BCUT2D eigenvalue weighted by molar-refractivity contribution is 7.13. The fourth-order valence-corrected chi connectivity index (χ4v) is 4.77. The maximum atomic E-state index is 12.3. The minimum Gasteiger partial charge on any atom is -0.379 e. The number of aromatic nitrogens is 1. The van der Waals surface area contributed by atoms with Gasteiger partial charge in [0.05, 0.1) is 25.3 Å². The van der Waals surface area contributed by atoms with Gasteiger partial charge in [0.1, 0.15) is 5.01 Å². The predicted molar refractivity (Wildman–Crippen MR) is 124 cm³/mol. The number of benzene rings is 1. The molecule has 2 aromatic rings. The third-order valence-corrected chi connectivity index (χ3v) is 6.89. The van der Waals surface area contributed by atoms with Crippen LogP contribution in [0.3, 0.4) is 0 Å². The Morgan fingerprint density at radius 1 is 1.06 bits per heavy atom. The first-order valence-electron chi connectivity index (χ1n) is 11.2. The smallest absolute Gasteiger partial charge is 0.226 e. The van der Waals surface area contributed by atoms with Crippen molar-refractivity contribution in [1.82, 2.24) is 25.0 Å². The molecule has 8 heteroatoms. The van der Waals surface area contributed by atoms with Crippen molar-refractivity contribution in [3.63, 3.8) is 0 Å². The summed E-state index contributed by atoms with van der Waals surface area (Å²) in [6, 6.07) is 8.70. The van der Waals surface area contributed by atoms with Crippen molar-refractivity contribution in [3.8, 4) is 10.6 Å². The molecule has 1 amide bonds. The summed E-state index contributed by atoms with van der Waals surface area (Å²) in [7, 11) is 2.18. The van der Waals surface area contributed by atoms with Gasteiger partial charge in [-0.2, -0.15) is 0 Å². The Balaban J connectivity index is 1.22. The number of piperazine rings is 1. The van der Waals surface area contributed by atoms with Crippen LogP contribution >= 0.6 is 11.3 Å². The van der Waals surface area contributed by atoms with E-state index in [1.165, 1.54) is 5.56 Å². The average molecular weight is 444 g/mol. The number of rotatable bonds is 8. The zero-order valence-electron chi connectivity index (χ0n) is 18.4. The first-order chi connectivity index (χ1) is 15.2. The standard InChI is InChI=1S/C23H33N5O2S/c1-26-8-10-28(11-9-26)17-19-2-4-20(5-3-19)23-25-21(18-31-23)16-22(29)24-6-7-27-12-14-30-15-13-27/h2-5,18H,6-17H2,1H3,(H,24,29). The number of nitrogens with one attached hydrogen (secondary N) is 1. The van der Waals surface area contributed by atoms with Crippen LogP contribution in [0.25, 0.3) is 10.6 Å². The van der Waals surface area contributed by atoms with Crippen molar-refractivity contribution in [2.45, 2.75) is 13.0 Å². The SMILES string of the molecule is CN1CCN(Cc2ccc(-c3nc(CC(=O)NCCN4CCOCC4)cs3)cc2)CC1. The highest BCUT2D eigenvalue weighted by atomic mass is 32.1. The second kappa shape index (κ2) is 11.2. The molecule has 31 heavy (non-hydrogen) atoms. The number of likely N-dealkylation sites (N-methyl/N-ethyl adjacent to an activating group) is 1. The first-order valence-corrected chi connectivity index (χ1v) is 12.0. The summed E-state index contributed by atoms with van der Waals surface area (Å²) in [4.78, 5) is 24.1. The quantitative estimate of drug-likeness (QED) is 0.668. The van der Waals surface area contributed by atoms with Crippen molar-refractivity contribution in [3.05, 3.63) is 40.9 Å². The van der Waals surface area contributed by atoms with Crippen molar-refractivity contribution in [2.75, 3.05) is 72.6 Å². The average Bonchev–Trinajstić information content (AvgIpc) is 3.25. The Labute approximate surface area is 189 Å². The van der Waals surface area contributed by atoms with Gasteiger partial charge in [-0.1, -0.05) is 24.3 Å². The number of carbonyl (C=O) groups excluding carboxylic acids is 1. The molecule has 2 aliphatic rings. The first kappa shape index (κ1) is 22.4. The van der Waals surface area contributed by atoms with Crippen molar-refractivity contribution in [2.24, 2.45) is 0 Å². The maximum absolute atomic E-state index is 12.3. The van der Waals surface area contributed by atoms with Crippen LogP contribution in [0, 0.1) is 0 Å². The third kappa shape index (κ3) is 6.82. The van der Waals surface area contributed by atoms with Gasteiger partial charge in [0, 0.05) is 69.8 Å². The van der Waals surface area contributed by atoms with E-state index >= 15 is 0 Å². The Morgan fingerprint density at radius 2 is 1.81 bits per heavy atom. The van der Waals surface area contributed by atoms with Crippen LogP contribution in [0.15, 0.2) is 29.6 Å². The van der Waals surface area contributed by atoms with E-state index in [1.54, 1.807) is 11.3 Å². The van der Waals surface area contributed by atoms with E-state index in [-0.39, 0.29) is 5.91 Å². The molecule has 7 nitrogen and oxygen atoms in total. The number of morpholine rings is 1. The summed E-state index contributed by atoms with van der Waals surface area (Å²) in [6.45, 7) is 10.5. The van der Waals surface area contributed by atoms with Gasteiger partial charge >= 0.3 is 0 Å². The van der Waals surface area contributed by atoms with Crippen LogP contribution in [0.2, 0.25) is 0 Å². The molecule has 1 N–H and O–H groups in total. The van der Waals surface area contributed by atoms with E-state index in [9.17, 15) is 4.79 Å².